The molecule has 4 aliphatic carbocycles. The first-order valence-electron chi connectivity index (χ1n) is 10.7. The third-order valence-electron chi connectivity index (χ3n) is 7.04. The summed E-state index contributed by atoms with van der Waals surface area (Å²) in [6, 6.07) is 10.1. The Balaban J connectivity index is 1.33. The van der Waals surface area contributed by atoms with Crippen molar-refractivity contribution < 1.29 is 9.59 Å². The lowest BCUT2D eigenvalue weighted by Crippen LogP contribution is -2.54. The lowest BCUT2D eigenvalue weighted by atomic mass is 9.49. The molecule has 2 amide bonds. The van der Waals surface area contributed by atoms with Crippen LogP contribution in [0.4, 0.5) is 0 Å². The minimum atomic E-state index is -0.183. The Morgan fingerprint density at radius 2 is 1.63 bits per heavy atom. The summed E-state index contributed by atoms with van der Waals surface area (Å²) in [7, 11) is 0. The predicted octanol–water partition coefficient (Wildman–Crippen LogP) is 3.98. The van der Waals surface area contributed by atoms with Gasteiger partial charge in [-0.1, -0.05) is 43.7 Å². The second-order valence-corrected chi connectivity index (χ2v) is 9.20. The second kappa shape index (κ2) is 7.65. The highest BCUT2D eigenvalue weighted by Gasteiger charge is 2.54. The lowest BCUT2D eigenvalue weighted by Gasteiger charge is -2.55. The van der Waals surface area contributed by atoms with Gasteiger partial charge < -0.3 is 10.6 Å². The van der Waals surface area contributed by atoms with Gasteiger partial charge in [-0.05, 0) is 68.3 Å². The molecule has 2 N–H and O–H groups in total. The first kappa shape index (κ1) is 18.5. The molecule has 4 fully saturated rings. The fraction of sp³-hybridized carbons (Fsp3) is 0.652. The molecule has 4 heteroatoms. The van der Waals surface area contributed by atoms with E-state index in [0.717, 1.165) is 55.4 Å². The topological polar surface area (TPSA) is 58.2 Å². The Kier molecular flexibility index (Phi) is 5.25. The summed E-state index contributed by atoms with van der Waals surface area (Å²) in [6.45, 7) is 2.21. The van der Waals surface area contributed by atoms with Crippen molar-refractivity contribution in [1.82, 2.24) is 10.6 Å². The SMILES string of the molecule is CCCC(NC(=O)CNC(=O)C12CC3CC(CC(C3)C1)C2)c1ccccc1. The van der Waals surface area contributed by atoms with Gasteiger partial charge in [-0.2, -0.15) is 0 Å². The molecule has 1 aromatic rings. The van der Waals surface area contributed by atoms with E-state index in [1.54, 1.807) is 0 Å². The van der Waals surface area contributed by atoms with Crippen molar-refractivity contribution in [3.63, 3.8) is 0 Å². The smallest absolute Gasteiger partial charge is 0.239 e. The zero-order valence-electron chi connectivity index (χ0n) is 16.4. The van der Waals surface area contributed by atoms with E-state index in [9.17, 15) is 9.59 Å². The van der Waals surface area contributed by atoms with Crippen molar-refractivity contribution in [1.29, 1.82) is 0 Å². The van der Waals surface area contributed by atoms with Crippen LogP contribution in [-0.4, -0.2) is 18.4 Å². The quantitative estimate of drug-likeness (QED) is 0.765. The number of hydrogen-bond acceptors (Lipinski definition) is 2. The maximum Gasteiger partial charge on any atom is 0.239 e. The van der Waals surface area contributed by atoms with Crippen LogP contribution in [0, 0.1) is 23.2 Å². The fourth-order valence-corrected chi connectivity index (χ4v) is 6.28. The number of carbonyl (C=O) groups excluding carboxylic acids is 2. The molecule has 4 saturated carbocycles. The summed E-state index contributed by atoms with van der Waals surface area (Å²) >= 11 is 0. The van der Waals surface area contributed by atoms with Gasteiger partial charge in [0, 0.05) is 5.41 Å². The molecular formula is C23H32N2O2. The van der Waals surface area contributed by atoms with Crippen molar-refractivity contribution in [3.8, 4) is 0 Å². The summed E-state index contributed by atoms with van der Waals surface area (Å²) in [4.78, 5) is 25.5. The Morgan fingerprint density at radius 1 is 1.04 bits per heavy atom. The van der Waals surface area contributed by atoms with Gasteiger partial charge in [0.15, 0.2) is 0 Å². The zero-order chi connectivity index (χ0) is 18.9. The van der Waals surface area contributed by atoms with Crippen LogP contribution in [0.3, 0.4) is 0 Å². The van der Waals surface area contributed by atoms with Crippen LogP contribution < -0.4 is 10.6 Å². The average Bonchev–Trinajstić information content (AvgIpc) is 2.65. The largest absolute Gasteiger partial charge is 0.348 e. The molecule has 4 nitrogen and oxygen atoms in total. The molecule has 27 heavy (non-hydrogen) atoms. The Labute approximate surface area is 162 Å². The lowest BCUT2D eigenvalue weighted by molar-refractivity contribution is -0.147. The third-order valence-corrected chi connectivity index (χ3v) is 7.04. The summed E-state index contributed by atoms with van der Waals surface area (Å²) in [5.41, 5.74) is 0.942. The van der Waals surface area contributed by atoms with Gasteiger partial charge >= 0.3 is 0 Å². The van der Waals surface area contributed by atoms with E-state index < -0.39 is 0 Å². The molecule has 0 aliphatic heterocycles. The van der Waals surface area contributed by atoms with Crippen molar-refractivity contribution >= 4 is 11.8 Å². The molecule has 1 aromatic carbocycles. The molecule has 4 bridgehead atoms. The van der Waals surface area contributed by atoms with E-state index in [0.29, 0.717) is 0 Å². The van der Waals surface area contributed by atoms with Crippen molar-refractivity contribution in [2.75, 3.05) is 6.54 Å². The van der Waals surface area contributed by atoms with E-state index >= 15 is 0 Å². The van der Waals surface area contributed by atoms with Crippen molar-refractivity contribution in [2.24, 2.45) is 23.2 Å². The van der Waals surface area contributed by atoms with Crippen molar-refractivity contribution in [3.05, 3.63) is 35.9 Å². The first-order valence-corrected chi connectivity index (χ1v) is 10.7. The monoisotopic (exact) mass is 368 g/mol. The standard InChI is InChI=1S/C23H32N2O2/c1-2-6-20(19-7-4-3-5-8-19)25-21(26)15-24-22(27)23-12-16-9-17(13-23)11-18(10-16)14-23/h3-5,7-8,16-18,20H,2,6,9-15H2,1H3,(H,24,27)(H,25,26). The Morgan fingerprint density at radius 3 is 2.19 bits per heavy atom. The molecule has 0 radical (unpaired) electrons. The summed E-state index contributed by atoms with van der Waals surface area (Å²) in [5, 5.41) is 6.10. The number of carbonyl (C=O) groups is 2. The summed E-state index contributed by atoms with van der Waals surface area (Å²) in [6.07, 6.45) is 8.98. The molecular weight excluding hydrogens is 336 g/mol. The molecule has 1 atom stereocenters. The molecule has 0 aromatic heterocycles. The number of benzene rings is 1. The highest BCUT2D eigenvalue weighted by atomic mass is 16.2. The third kappa shape index (κ3) is 3.90. The number of rotatable bonds is 7. The van der Waals surface area contributed by atoms with Crippen LogP contribution in [0.2, 0.25) is 0 Å². The van der Waals surface area contributed by atoms with Crippen LogP contribution in [-0.2, 0) is 9.59 Å². The van der Waals surface area contributed by atoms with Crippen molar-refractivity contribution in [2.45, 2.75) is 64.3 Å². The van der Waals surface area contributed by atoms with Gasteiger partial charge in [0.1, 0.15) is 0 Å². The molecule has 0 saturated heterocycles. The molecule has 5 rings (SSSR count). The van der Waals surface area contributed by atoms with E-state index in [-0.39, 0.29) is 29.8 Å². The van der Waals surface area contributed by atoms with Crippen LogP contribution in [0.25, 0.3) is 0 Å². The van der Waals surface area contributed by atoms with Gasteiger partial charge in [-0.25, -0.2) is 0 Å². The minimum absolute atomic E-state index is 0.0140. The maximum absolute atomic E-state index is 13.0. The molecule has 0 heterocycles. The maximum atomic E-state index is 13.0. The predicted molar refractivity (Wildman–Crippen MR) is 106 cm³/mol. The van der Waals surface area contributed by atoms with Gasteiger partial charge in [0.25, 0.3) is 0 Å². The number of nitrogens with one attached hydrogen (secondary N) is 2. The van der Waals surface area contributed by atoms with Crippen LogP contribution in [0.15, 0.2) is 30.3 Å². The second-order valence-electron chi connectivity index (χ2n) is 9.20. The Bertz CT molecular complexity index is 650. The van der Waals surface area contributed by atoms with Gasteiger partial charge in [-0.15, -0.1) is 0 Å². The van der Waals surface area contributed by atoms with Gasteiger partial charge in [0.2, 0.25) is 11.8 Å². The average molecular weight is 369 g/mol. The van der Waals surface area contributed by atoms with E-state index in [1.165, 1.54) is 19.3 Å². The van der Waals surface area contributed by atoms with E-state index in [2.05, 4.69) is 29.7 Å². The van der Waals surface area contributed by atoms with Gasteiger partial charge in [0.05, 0.1) is 12.6 Å². The van der Waals surface area contributed by atoms with Crippen LogP contribution >= 0.6 is 0 Å². The summed E-state index contributed by atoms with van der Waals surface area (Å²) in [5.74, 6) is 2.26. The number of amides is 2. The highest BCUT2D eigenvalue weighted by molar-refractivity contribution is 5.88. The van der Waals surface area contributed by atoms with Crippen LogP contribution in [0.1, 0.15) is 69.9 Å². The van der Waals surface area contributed by atoms with Crippen LogP contribution in [0.5, 0.6) is 0 Å². The number of hydrogen-bond donors (Lipinski definition) is 2. The Hall–Kier alpha value is -1.84. The molecule has 146 valence electrons. The highest BCUT2D eigenvalue weighted by Crippen LogP contribution is 2.60. The summed E-state index contributed by atoms with van der Waals surface area (Å²) < 4.78 is 0. The first-order chi connectivity index (χ1) is 13.1. The minimum Gasteiger partial charge on any atom is -0.348 e. The molecule has 1 unspecified atom stereocenters. The van der Waals surface area contributed by atoms with E-state index in [4.69, 9.17) is 0 Å². The molecule has 0 spiro atoms. The zero-order valence-corrected chi connectivity index (χ0v) is 16.4. The fourth-order valence-electron chi connectivity index (χ4n) is 6.28. The van der Waals surface area contributed by atoms with Gasteiger partial charge in [-0.3, -0.25) is 9.59 Å². The molecule has 4 aliphatic rings. The normalized spacial score (nSPS) is 32.1. The van der Waals surface area contributed by atoms with E-state index in [1.807, 2.05) is 18.2 Å².